The minimum Gasteiger partial charge on any atom is -0.491 e. The van der Waals surface area contributed by atoms with Gasteiger partial charge in [0.15, 0.2) is 5.75 Å². The Morgan fingerprint density at radius 2 is 2.08 bits per heavy atom. The first kappa shape index (κ1) is 17.3. The van der Waals surface area contributed by atoms with Gasteiger partial charge in [-0.2, -0.15) is 0 Å². The van der Waals surface area contributed by atoms with Gasteiger partial charge in [-0.3, -0.25) is 4.79 Å². The van der Waals surface area contributed by atoms with Gasteiger partial charge in [0.2, 0.25) is 0 Å². The van der Waals surface area contributed by atoms with Gasteiger partial charge in [0.1, 0.15) is 0 Å². The summed E-state index contributed by atoms with van der Waals surface area (Å²) in [6, 6.07) is 10.6. The van der Waals surface area contributed by atoms with Crippen LogP contribution < -0.4 is 10.3 Å². The van der Waals surface area contributed by atoms with E-state index in [4.69, 9.17) is 4.74 Å². The molecule has 0 N–H and O–H groups in total. The number of thioether (sulfide) groups is 1. The van der Waals surface area contributed by atoms with E-state index in [1.54, 1.807) is 30.5 Å². The maximum absolute atomic E-state index is 12.2. The zero-order valence-corrected chi connectivity index (χ0v) is 16.3. The molecule has 0 unspecified atom stereocenters. The predicted molar refractivity (Wildman–Crippen MR) is 108 cm³/mol. The number of methoxy groups -OCH3 is 1. The van der Waals surface area contributed by atoms with Crippen LogP contribution in [0.15, 0.2) is 46.2 Å². The molecule has 4 nitrogen and oxygen atoms in total. The number of aryl methyl sites for hydroxylation is 2. The lowest BCUT2D eigenvalue weighted by Crippen LogP contribution is -2.18. The Balaban J connectivity index is 1.91. The van der Waals surface area contributed by atoms with Gasteiger partial charge in [-0.05, 0) is 42.9 Å². The topological polar surface area (TPSA) is 36.2 Å². The van der Waals surface area contributed by atoms with E-state index in [1.165, 1.54) is 35.1 Å². The lowest BCUT2D eigenvalue weighted by atomic mass is 10.2. The maximum atomic E-state index is 12.2. The summed E-state index contributed by atoms with van der Waals surface area (Å²) in [5.41, 5.74) is 3.32. The summed E-state index contributed by atoms with van der Waals surface area (Å²) in [5.74, 6) is 1.26. The fourth-order valence-electron chi connectivity index (χ4n) is 3.60. The maximum Gasteiger partial charge on any atom is 0.292 e. The molecule has 0 saturated heterocycles. The largest absolute Gasteiger partial charge is 0.491 e. The molecule has 1 fully saturated rings. The van der Waals surface area contributed by atoms with E-state index < -0.39 is 0 Å². The van der Waals surface area contributed by atoms with E-state index in [0.717, 1.165) is 23.7 Å². The quantitative estimate of drug-likeness (QED) is 0.600. The van der Waals surface area contributed by atoms with Crippen molar-refractivity contribution in [2.45, 2.75) is 30.7 Å². The van der Waals surface area contributed by atoms with E-state index in [1.807, 2.05) is 12.3 Å². The molecule has 1 aliphatic rings. The molecule has 2 aromatic heterocycles. The van der Waals surface area contributed by atoms with Gasteiger partial charge in [-0.15, -0.1) is 11.8 Å². The Labute approximate surface area is 157 Å². The van der Waals surface area contributed by atoms with Crippen LogP contribution in [0.3, 0.4) is 0 Å². The lowest BCUT2D eigenvalue weighted by Gasteiger charge is -2.13. The molecule has 1 saturated carbocycles. The van der Waals surface area contributed by atoms with Crippen LogP contribution in [0.5, 0.6) is 5.75 Å². The van der Waals surface area contributed by atoms with Crippen LogP contribution in [0.1, 0.15) is 19.3 Å². The average molecular weight is 369 g/mol. The Morgan fingerprint density at radius 3 is 2.77 bits per heavy atom. The molecule has 26 heavy (non-hydrogen) atoms. The Hall–Kier alpha value is -2.14. The van der Waals surface area contributed by atoms with Crippen molar-refractivity contribution in [1.82, 2.24) is 9.13 Å². The number of rotatable bonds is 6. The lowest BCUT2D eigenvalue weighted by molar-refractivity contribution is 0.405. The number of aromatic nitrogens is 2. The molecule has 0 atom stereocenters. The van der Waals surface area contributed by atoms with Crippen molar-refractivity contribution < 1.29 is 4.74 Å². The van der Waals surface area contributed by atoms with Crippen LogP contribution in [0.25, 0.3) is 22.2 Å². The first-order valence-electron chi connectivity index (χ1n) is 9.03. The third kappa shape index (κ3) is 3.05. The van der Waals surface area contributed by atoms with Crippen LogP contribution in [0.2, 0.25) is 0 Å². The highest BCUT2D eigenvalue weighted by molar-refractivity contribution is 7.98. The average Bonchev–Trinajstić information content (AvgIpc) is 3.41. The summed E-state index contributed by atoms with van der Waals surface area (Å²) in [7, 11) is 3.33. The smallest absolute Gasteiger partial charge is 0.292 e. The van der Waals surface area contributed by atoms with Gasteiger partial charge in [-0.1, -0.05) is 18.9 Å². The minimum absolute atomic E-state index is 0.110. The van der Waals surface area contributed by atoms with Crippen molar-refractivity contribution in [3.05, 3.63) is 46.9 Å². The Morgan fingerprint density at radius 1 is 1.27 bits per heavy atom. The number of pyridine rings is 1. The molecule has 1 aliphatic carbocycles. The van der Waals surface area contributed by atoms with Gasteiger partial charge >= 0.3 is 0 Å². The number of ether oxygens (including phenoxy) is 1. The zero-order valence-electron chi connectivity index (χ0n) is 15.5. The third-order valence-electron chi connectivity index (χ3n) is 5.25. The minimum atomic E-state index is -0.110. The molecule has 0 spiro atoms. The molecule has 2 heterocycles. The van der Waals surface area contributed by atoms with Gasteiger partial charge in [0, 0.05) is 41.2 Å². The highest BCUT2D eigenvalue weighted by atomic mass is 32.2. The van der Waals surface area contributed by atoms with Crippen molar-refractivity contribution in [3.8, 4) is 17.0 Å². The summed E-state index contributed by atoms with van der Waals surface area (Å²) < 4.78 is 9.32. The fraction of sp³-hybridized carbons (Fsp3) is 0.381. The van der Waals surface area contributed by atoms with Crippen molar-refractivity contribution in [2.24, 2.45) is 13.0 Å². The molecule has 0 aliphatic heterocycles. The van der Waals surface area contributed by atoms with Gasteiger partial charge < -0.3 is 13.9 Å². The summed E-state index contributed by atoms with van der Waals surface area (Å²) in [4.78, 5) is 13.5. The number of hydrogen-bond donors (Lipinski definition) is 0. The van der Waals surface area contributed by atoms with E-state index in [-0.39, 0.29) is 5.56 Å². The van der Waals surface area contributed by atoms with Gasteiger partial charge in [0.25, 0.3) is 5.56 Å². The second-order valence-electron chi connectivity index (χ2n) is 7.02. The van der Waals surface area contributed by atoms with Crippen molar-refractivity contribution in [3.63, 3.8) is 0 Å². The first-order chi connectivity index (χ1) is 12.6. The standard InChI is InChI=1S/C21H24N2O2S/c1-22-13-15(11-19(25-2)21(22)24)18-12-16-17(5-4-6-20(16)26-3)23(18)10-9-14-7-8-14/h4-6,11-14H,7-10H2,1-3H3. The second-order valence-corrected chi connectivity index (χ2v) is 7.87. The van der Waals surface area contributed by atoms with E-state index in [9.17, 15) is 4.79 Å². The number of benzene rings is 1. The van der Waals surface area contributed by atoms with Gasteiger partial charge in [0.05, 0.1) is 12.8 Å². The number of hydrogen-bond acceptors (Lipinski definition) is 3. The van der Waals surface area contributed by atoms with E-state index in [2.05, 4.69) is 35.1 Å². The molecule has 3 aromatic rings. The molecule has 0 amide bonds. The molecule has 0 radical (unpaired) electrons. The monoisotopic (exact) mass is 368 g/mol. The third-order valence-corrected chi connectivity index (χ3v) is 6.05. The molecule has 4 rings (SSSR count). The fourth-order valence-corrected chi connectivity index (χ4v) is 4.20. The Kier molecular flexibility index (Phi) is 4.57. The molecular formula is C21H24N2O2S. The zero-order chi connectivity index (χ0) is 18.3. The van der Waals surface area contributed by atoms with Crippen molar-refractivity contribution in [1.29, 1.82) is 0 Å². The molecular weight excluding hydrogens is 344 g/mol. The predicted octanol–water partition coefficient (Wildman–Crippen LogP) is 4.54. The Bertz CT molecular complexity index is 1010. The molecule has 1 aromatic carbocycles. The molecule has 136 valence electrons. The normalized spacial score (nSPS) is 14.1. The van der Waals surface area contributed by atoms with E-state index >= 15 is 0 Å². The SMILES string of the molecule is COc1cc(-c2cc3c(SC)cccc3n2CCC2CC2)cn(C)c1=O. The molecule has 0 bridgehead atoms. The highest BCUT2D eigenvalue weighted by Crippen LogP contribution is 2.37. The van der Waals surface area contributed by atoms with E-state index in [0.29, 0.717) is 5.75 Å². The number of nitrogens with zero attached hydrogens (tertiary/aromatic N) is 2. The number of fused-ring (bicyclic) bond motifs is 1. The molecule has 5 heteroatoms. The summed E-state index contributed by atoms with van der Waals surface area (Å²) in [5, 5.41) is 1.28. The summed E-state index contributed by atoms with van der Waals surface area (Å²) in [6.07, 6.45) is 7.95. The van der Waals surface area contributed by atoms with Crippen LogP contribution in [0, 0.1) is 5.92 Å². The van der Waals surface area contributed by atoms with Crippen LogP contribution in [0.4, 0.5) is 0 Å². The summed E-state index contributed by atoms with van der Waals surface area (Å²) >= 11 is 1.77. The van der Waals surface area contributed by atoms with Crippen LogP contribution in [-0.4, -0.2) is 22.5 Å². The van der Waals surface area contributed by atoms with Crippen LogP contribution >= 0.6 is 11.8 Å². The van der Waals surface area contributed by atoms with Crippen molar-refractivity contribution in [2.75, 3.05) is 13.4 Å². The summed E-state index contributed by atoms with van der Waals surface area (Å²) in [6.45, 7) is 1.01. The van der Waals surface area contributed by atoms with Gasteiger partial charge in [-0.25, -0.2) is 0 Å². The first-order valence-corrected chi connectivity index (χ1v) is 10.3. The second kappa shape index (κ2) is 6.88. The van der Waals surface area contributed by atoms with Crippen molar-refractivity contribution >= 4 is 22.7 Å². The van der Waals surface area contributed by atoms with Crippen LogP contribution in [-0.2, 0) is 13.6 Å². The highest BCUT2D eigenvalue weighted by Gasteiger charge is 2.22.